The molecule has 0 saturated heterocycles. The third-order valence-corrected chi connectivity index (χ3v) is 9.61. The highest BCUT2D eigenvalue weighted by molar-refractivity contribution is 6.75. The molecule has 0 aliphatic carbocycles. The molecule has 0 N–H and O–H groups in total. The maximum Gasteiger partial charge on any atom is 0.331 e. The van der Waals surface area contributed by atoms with Crippen LogP contribution >= 0.6 is 0 Å². The van der Waals surface area contributed by atoms with Crippen LogP contribution in [0.2, 0.25) is 18.1 Å². The summed E-state index contributed by atoms with van der Waals surface area (Å²) in [5, 5.41) is 0. The molecular weight excluding hydrogens is 412 g/mol. The largest absolute Gasteiger partial charge is 0.519 e. The van der Waals surface area contributed by atoms with Gasteiger partial charge in [-0.3, -0.25) is 4.79 Å². The summed E-state index contributed by atoms with van der Waals surface area (Å²) in [6.07, 6.45) is 11.2. The average molecular weight is 457 g/mol. The molecule has 0 amide bonds. The highest BCUT2D eigenvalue weighted by atomic mass is 28.4. The van der Waals surface area contributed by atoms with E-state index >= 15 is 0 Å². The van der Waals surface area contributed by atoms with Crippen LogP contribution in [0.4, 0.5) is 0 Å². The van der Waals surface area contributed by atoms with Crippen LogP contribution in [0.15, 0.2) is 12.2 Å². The molecule has 0 aromatic heterocycles. The highest BCUT2D eigenvalue weighted by Gasteiger charge is 2.36. The Morgan fingerprint density at radius 3 is 1.48 bits per heavy atom. The molecule has 0 fully saturated rings. The Bertz CT molecular complexity index is 510. The maximum absolute atomic E-state index is 12.5. The number of ether oxygens (including phenoxy) is 2. The van der Waals surface area contributed by atoms with E-state index in [0.29, 0.717) is 13.0 Å². The molecule has 7 heteroatoms. The number of unbranched alkanes of at least 4 members (excludes halogenated alkanes) is 4. The second-order valence-corrected chi connectivity index (χ2v) is 12.2. The van der Waals surface area contributed by atoms with E-state index in [1.165, 1.54) is 0 Å². The molecule has 0 atom stereocenters. The molecule has 0 spiro atoms. The van der Waals surface area contributed by atoms with Crippen LogP contribution in [-0.2, 0) is 28.3 Å². The van der Waals surface area contributed by atoms with Crippen molar-refractivity contribution in [1.29, 1.82) is 0 Å². The standard InChI is InChI=1S/C24H44O6Si/c1-5-9-17-28-22(25)15-16-23(26)29-18-13-14-24(27)30-31(19-10-6-2,20-11-7-3)21-12-8-4/h15-16H,5-14,17-21H2,1-4H3. The lowest BCUT2D eigenvalue weighted by molar-refractivity contribution is -0.141. The molecule has 0 saturated carbocycles. The Kier molecular flexibility index (Phi) is 18.1. The fraction of sp³-hybridized carbons (Fsp3) is 0.792. The topological polar surface area (TPSA) is 78.9 Å². The third-order valence-electron chi connectivity index (χ3n) is 5.16. The minimum absolute atomic E-state index is 0.122. The second kappa shape index (κ2) is 19.1. The third kappa shape index (κ3) is 15.8. The van der Waals surface area contributed by atoms with Gasteiger partial charge in [-0.05, 0) is 31.0 Å². The molecule has 0 aromatic carbocycles. The Balaban J connectivity index is 4.44. The second-order valence-electron chi connectivity index (χ2n) is 8.09. The van der Waals surface area contributed by atoms with E-state index in [0.717, 1.165) is 81.7 Å². The lowest BCUT2D eigenvalue weighted by Gasteiger charge is -2.31. The number of hydrogen-bond donors (Lipinski definition) is 0. The SMILES string of the molecule is CCCCOC(=O)C=CC(=O)OCCCC(=O)O[Si](CCCC)(CCCC)CCCC. The van der Waals surface area contributed by atoms with Gasteiger partial charge in [0, 0.05) is 18.6 Å². The van der Waals surface area contributed by atoms with Gasteiger partial charge < -0.3 is 13.9 Å². The van der Waals surface area contributed by atoms with E-state index in [1.807, 2.05) is 6.92 Å². The van der Waals surface area contributed by atoms with Gasteiger partial charge in [0.15, 0.2) is 0 Å². The Morgan fingerprint density at radius 1 is 0.645 bits per heavy atom. The van der Waals surface area contributed by atoms with Gasteiger partial charge in [-0.1, -0.05) is 72.6 Å². The molecule has 6 nitrogen and oxygen atoms in total. The molecule has 0 aliphatic heterocycles. The summed E-state index contributed by atoms with van der Waals surface area (Å²) in [7, 11) is -2.06. The summed E-state index contributed by atoms with van der Waals surface area (Å²) in [5.41, 5.74) is 0. The Morgan fingerprint density at radius 2 is 1.06 bits per heavy atom. The lowest BCUT2D eigenvalue weighted by atomic mass is 10.3. The smallest absolute Gasteiger partial charge is 0.331 e. The van der Waals surface area contributed by atoms with Crippen LogP contribution in [0, 0.1) is 0 Å². The van der Waals surface area contributed by atoms with Crippen molar-refractivity contribution in [3.05, 3.63) is 12.2 Å². The quantitative estimate of drug-likeness (QED) is 0.101. The Hall–Kier alpha value is -1.63. The zero-order valence-electron chi connectivity index (χ0n) is 20.2. The van der Waals surface area contributed by atoms with E-state index < -0.39 is 20.3 Å². The summed E-state index contributed by atoms with van der Waals surface area (Å²) in [4.78, 5) is 35.6. The zero-order valence-corrected chi connectivity index (χ0v) is 21.2. The molecule has 0 unspecified atom stereocenters. The first-order chi connectivity index (χ1) is 14.9. The molecule has 0 aromatic rings. The van der Waals surface area contributed by atoms with E-state index in [1.54, 1.807) is 0 Å². The first-order valence-electron chi connectivity index (χ1n) is 12.2. The summed E-state index contributed by atoms with van der Waals surface area (Å²) in [6, 6.07) is 3.14. The van der Waals surface area contributed by atoms with Crippen LogP contribution in [0.5, 0.6) is 0 Å². The van der Waals surface area contributed by atoms with Crippen molar-refractivity contribution in [2.45, 2.75) is 110 Å². The molecule has 31 heavy (non-hydrogen) atoms. The van der Waals surface area contributed by atoms with Crippen molar-refractivity contribution in [1.82, 2.24) is 0 Å². The van der Waals surface area contributed by atoms with E-state index in [2.05, 4.69) is 20.8 Å². The molecule has 0 heterocycles. The molecule has 0 bridgehead atoms. The van der Waals surface area contributed by atoms with Crippen molar-refractivity contribution in [3.8, 4) is 0 Å². The zero-order chi connectivity index (χ0) is 23.4. The van der Waals surface area contributed by atoms with Gasteiger partial charge in [-0.25, -0.2) is 9.59 Å². The molecule has 180 valence electrons. The summed E-state index contributed by atoms with van der Waals surface area (Å²) in [5.74, 6) is -1.33. The van der Waals surface area contributed by atoms with Gasteiger partial charge in [0.1, 0.15) is 0 Å². The summed E-state index contributed by atoms with van der Waals surface area (Å²) in [6.45, 7) is 8.99. The van der Waals surface area contributed by atoms with E-state index in [4.69, 9.17) is 13.9 Å². The normalized spacial score (nSPS) is 11.5. The van der Waals surface area contributed by atoms with Gasteiger partial charge >= 0.3 is 11.9 Å². The maximum atomic E-state index is 12.5. The predicted octanol–water partition coefficient (Wildman–Crippen LogP) is 6.10. The fourth-order valence-electron chi connectivity index (χ4n) is 3.26. The van der Waals surface area contributed by atoms with Crippen LogP contribution in [0.3, 0.4) is 0 Å². The van der Waals surface area contributed by atoms with Crippen LogP contribution < -0.4 is 0 Å². The summed E-state index contributed by atoms with van der Waals surface area (Å²) >= 11 is 0. The monoisotopic (exact) mass is 456 g/mol. The first-order valence-corrected chi connectivity index (χ1v) is 14.7. The first kappa shape index (κ1) is 29.4. The van der Waals surface area contributed by atoms with E-state index in [-0.39, 0.29) is 19.0 Å². The minimum atomic E-state index is -2.06. The van der Waals surface area contributed by atoms with Crippen molar-refractivity contribution >= 4 is 26.2 Å². The van der Waals surface area contributed by atoms with Crippen molar-refractivity contribution in [2.24, 2.45) is 0 Å². The minimum Gasteiger partial charge on any atom is -0.519 e. The van der Waals surface area contributed by atoms with Gasteiger partial charge in [-0.2, -0.15) is 0 Å². The van der Waals surface area contributed by atoms with Gasteiger partial charge in [0.2, 0.25) is 0 Å². The number of carbonyl (C=O) groups excluding carboxylic acids is 3. The van der Waals surface area contributed by atoms with E-state index in [9.17, 15) is 14.4 Å². The van der Waals surface area contributed by atoms with Crippen LogP contribution in [0.1, 0.15) is 91.9 Å². The van der Waals surface area contributed by atoms with Crippen molar-refractivity contribution in [2.75, 3.05) is 13.2 Å². The number of carbonyl (C=O) groups is 3. The Labute approximate surface area is 190 Å². The van der Waals surface area contributed by atoms with Crippen molar-refractivity contribution < 1.29 is 28.3 Å². The fourth-order valence-corrected chi connectivity index (χ4v) is 7.89. The molecular formula is C24H44O6Si. The molecule has 0 radical (unpaired) electrons. The average Bonchev–Trinajstić information content (AvgIpc) is 2.76. The van der Waals surface area contributed by atoms with Gasteiger partial charge in [-0.15, -0.1) is 0 Å². The highest BCUT2D eigenvalue weighted by Crippen LogP contribution is 2.30. The van der Waals surface area contributed by atoms with Crippen LogP contribution in [-0.4, -0.2) is 39.4 Å². The van der Waals surface area contributed by atoms with Crippen molar-refractivity contribution in [3.63, 3.8) is 0 Å². The van der Waals surface area contributed by atoms with Gasteiger partial charge in [0.05, 0.1) is 13.2 Å². The number of esters is 2. The molecule has 0 rings (SSSR count). The predicted molar refractivity (Wildman–Crippen MR) is 126 cm³/mol. The van der Waals surface area contributed by atoms with Crippen LogP contribution in [0.25, 0.3) is 0 Å². The van der Waals surface area contributed by atoms with Gasteiger partial charge in [0.25, 0.3) is 14.3 Å². The molecule has 0 aliphatic rings. The number of hydrogen-bond acceptors (Lipinski definition) is 6. The summed E-state index contributed by atoms with van der Waals surface area (Å²) < 4.78 is 16.2. The number of rotatable bonds is 19. The lowest BCUT2D eigenvalue weighted by Crippen LogP contribution is -2.40.